The Balaban J connectivity index is 1.93. The first-order valence-corrected chi connectivity index (χ1v) is 8.68. The van der Waals surface area contributed by atoms with Crippen LogP contribution in [-0.4, -0.2) is 33.6 Å². The normalized spacial score (nSPS) is 19.1. The van der Waals surface area contributed by atoms with Gasteiger partial charge in [-0.25, -0.2) is 13.1 Å². The number of hydrogen-bond acceptors (Lipinski definition) is 4. The molecule has 20 heavy (non-hydrogen) atoms. The third kappa shape index (κ3) is 2.97. The largest absolute Gasteiger partial charge is 0.366 e. The van der Waals surface area contributed by atoms with Gasteiger partial charge in [-0.15, -0.1) is 0 Å². The Hall–Kier alpha value is -1.11. The van der Waals surface area contributed by atoms with Gasteiger partial charge < -0.3 is 10.6 Å². The van der Waals surface area contributed by atoms with Crippen molar-refractivity contribution in [2.75, 3.05) is 18.0 Å². The summed E-state index contributed by atoms with van der Waals surface area (Å²) in [6.07, 6.45) is 4.11. The predicted molar refractivity (Wildman–Crippen MR) is 79.2 cm³/mol. The monoisotopic (exact) mass is 295 g/mol. The summed E-state index contributed by atoms with van der Waals surface area (Å²) in [5.74, 6) is 0. The van der Waals surface area contributed by atoms with Gasteiger partial charge in [-0.05, 0) is 37.8 Å². The summed E-state index contributed by atoms with van der Waals surface area (Å²) in [4.78, 5) is 2.52. The number of nitrogens with zero attached hydrogens (tertiary/aromatic N) is 1. The number of benzene rings is 1. The molecule has 5 nitrogen and oxygen atoms in total. The highest BCUT2D eigenvalue weighted by molar-refractivity contribution is 7.89. The summed E-state index contributed by atoms with van der Waals surface area (Å²) in [5.41, 5.74) is 6.46. The molecule has 0 atom stereocenters. The zero-order chi connectivity index (χ0) is 14.2. The summed E-state index contributed by atoms with van der Waals surface area (Å²) < 4.78 is 27.7. The Morgan fingerprint density at radius 1 is 1.20 bits per heavy atom. The summed E-state index contributed by atoms with van der Waals surface area (Å²) in [7, 11) is -3.43. The van der Waals surface area contributed by atoms with Crippen LogP contribution in [0.1, 0.15) is 25.7 Å². The molecule has 0 bridgehead atoms. The summed E-state index contributed by atoms with van der Waals surface area (Å²) in [6, 6.07) is 7.80. The van der Waals surface area contributed by atoms with Crippen molar-refractivity contribution in [2.24, 2.45) is 5.73 Å². The lowest BCUT2D eigenvalue weighted by Crippen LogP contribution is -2.34. The Kier molecular flexibility index (Phi) is 3.70. The molecule has 0 spiro atoms. The van der Waals surface area contributed by atoms with Crippen molar-refractivity contribution in [2.45, 2.75) is 42.7 Å². The molecule has 0 aromatic heterocycles. The van der Waals surface area contributed by atoms with Gasteiger partial charge in [-0.3, -0.25) is 0 Å². The molecular formula is C14H21N3O2S. The number of nitrogens with two attached hydrogens (primary N) is 1. The molecule has 2 aliphatic carbocycles. The first-order valence-electron chi connectivity index (χ1n) is 7.20. The van der Waals surface area contributed by atoms with Crippen LogP contribution in [0.4, 0.5) is 5.69 Å². The molecule has 0 radical (unpaired) electrons. The van der Waals surface area contributed by atoms with Crippen molar-refractivity contribution in [1.82, 2.24) is 4.72 Å². The van der Waals surface area contributed by atoms with E-state index < -0.39 is 10.0 Å². The molecule has 3 N–H and O–H groups in total. The molecule has 0 amide bonds. The van der Waals surface area contributed by atoms with E-state index in [1.807, 2.05) is 12.1 Å². The van der Waals surface area contributed by atoms with Gasteiger partial charge in [-0.1, -0.05) is 12.1 Å². The second-order valence-corrected chi connectivity index (χ2v) is 7.26. The van der Waals surface area contributed by atoms with E-state index in [-0.39, 0.29) is 6.04 Å². The van der Waals surface area contributed by atoms with Gasteiger partial charge in [0.05, 0.1) is 5.69 Å². The van der Waals surface area contributed by atoms with Crippen molar-refractivity contribution in [3.05, 3.63) is 24.3 Å². The number of anilines is 1. The first-order chi connectivity index (χ1) is 9.62. The van der Waals surface area contributed by atoms with Gasteiger partial charge in [0.2, 0.25) is 10.0 Å². The van der Waals surface area contributed by atoms with E-state index in [9.17, 15) is 8.42 Å². The minimum absolute atomic E-state index is 0.122. The molecule has 0 unspecified atom stereocenters. The molecule has 0 aliphatic heterocycles. The fraction of sp³-hybridized carbons (Fsp3) is 0.571. The van der Waals surface area contributed by atoms with Crippen LogP contribution in [0.15, 0.2) is 29.2 Å². The van der Waals surface area contributed by atoms with Crippen molar-refractivity contribution in [3.8, 4) is 0 Å². The van der Waals surface area contributed by atoms with Crippen molar-refractivity contribution < 1.29 is 8.42 Å². The van der Waals surface area contributed by atoms with E-state index in [1.165, 1.54) is 0 Å². The fourth-order valence-corrected chi connectivity index (χ4v) is 3.95. The first kappa shape index (κ1) is 13.9. The van der Waals surface area contributed by atoms with E-state index in [2.05, 4.69) is 9.62 Å². The maximum atomic E-state index is 12.5. The maximum Gasteiger partial charge on any atom is 0.242 e. The zero-order valence-corrected chi connectivity index (χ0v) is 12.3. The lowest BCUT2D eigenvalue weighted by Gasteiger charge is -2.26. The summed E-state index contributed by atoms with van der Waals surface area (Å²) in [5, 5.41) is 0. The number of nitrogens with one attached hydrogen (secondary N) is 1. The van der Waals surface area contributed by atoms with Crippen LogP contribution in [0.3, 0.4) is 0 Å². The van der Waals surface area contributed by atoms with Gasteiger partial charge >= 0.3 is 0 Å². The Bertz CT molecular complexity index is 580. The van der Waals surface area contributed by atoms with E-state index in [1.54, 1.807) is 12.1 Å². The second-order valence-electron chi connectivity index (χ2n) is 5.58. The smallest absolute Gasteiger partial charge is 0.242 e. The van der Waals surface area contributed by atoms with Gasteiger partial charge in [0.15, 0.2) is 0 Å². The molecule has 2 saturated carbocycles. The van der Waals surface area contributed by atoms with Crippen LogP contribution in [0, 0.1) is 0 Å². The Labute approximate surface area is 120 Å². The number of para-hydroxylation sites is 1. The zero-order valence-electron chi connectivity index (χ0n) is 11.5. The number of rotatable bonds is 7. The second kappa shape index (κ2) is 5.35. The third-order valence-corrected chi connectivity index (χ3v) is 5.29. The molecule has 110 valence electrons. The molecule has 1 aromatic carbocycles. The standard InChI is InChI=1S/C14H21N3O2S/c15-9-10-17(12-7-8-12)13-3-1-2-4-14(13)20(18,19)16-11-5-6-11/h1-4,11-12,16H,5-10,15H2. The van der Waals surface area contributed by atoms with Gasteiger partial charge in [0, 0.05) is 25.2 Å². The highest BCUT2D eigenvalue weighted by Gasteiger charge is 2.34. The SMILES string of the molecule is NCCN(c1ccccc1S(=O)(=O)NC1CC1)C1CC1. The predicted octanol–water partition coefficient (Wildman–Crippen LogP) is 1.05. The van der Waals surface area contributed by atoms with Gasteiger partial charge in [-0.2, -0.15) is 0 Å². The summed E-state index contributed by atoms with van der Waals surface area (Å²) in [6.45, 7) is 1.22. The van der Waals surface area contributed by atoms with E-state index >= 15 is 0 Å². The molecule has 2 fully saturated rings. The average molecular weight is 295 g/mol. The fourth-order valence-electron chi connectivity index (χ4n) is 2.43. The molecule has 0 heterocycles. The highest BCUT2D eigenvalue weighted by atomic mass is 32.2. The maximum absolute atomic E-state index is 12.5. The molecule has 2 aliphatic rings. The van der Waals surface area contributed by atoms with Gasteiger partial charge in [0.25, 0.3) is 0 Å². The van der Waals surface area contributed by atoms with E-state index in [4.69, 9.17) is 5.73 Å². The lowest BCUT2D eigenvalue weighted by atomic mass is 10.2. The van der Waals surface area contributed by atoms with Gasteiger partial charge in [0.1, 0.15) is 4.90 Å². The van der Waals surface area contributed by atoms with E-state index in [0.717, 1.165) is 31.4 Å². The highest BCUT2D eigenvalue weighted by Crippen LogP contribution is 2.35. The third-order valence-electron chi connectivity index (χ3n) is 3.72. The van der Waals surface area contributed by atoms with Crippen LogP contribution in [0.25, 0.3) is 0 Å². The quantitative estimate of drug-likeness (QED) is 0.788. The Morgan fingerprint density at radius 2 is 1.90 bits per heavy atom. The van der Waals surface area contributed by atoms with Crippen molar-refractivity contribution in [1.29, 1.82) is 0 Å². The molecule has 6 heteroatoms. The Morgan fingerprint density at radius 3 is 2.50 bits per heavy atom. The minimum atomic E-state index is -3.43. The average Bonchev–Trinajstić information content (AvgIpc) is 3.29. The van der Waals surface area contributed by atoms with Crippen LogP contribution in [0.2, 0.25) is 0 Å². The van der Waals surface area contributed by atoms with Crippen LogP contribution >= 0.6 is 0 Å². The number of hydrogen-bond donors (Lipinski definition) is 2. The van der Waals surface area contributed by atoms with E-state index in [0.29, 0.717) is 24.0 Å². The topological polar surface area (TPSA) is 75.4 Å². The molecular weight excluding hydrogens is 274 g/mol. The van der Waals surface area contributed by atoms with Crippen LogP contribution in [-0.2, 0) is 10.0 Å². The van der Waals surface area contributed by atoms with Crippen LogP contribution < -0.4 is 15.4 Å². The van der Waals surface area contributed by atoms with Crippen molar-refractivity contribution >= 4 is 15.7 Å². The van der Waals surface area contributed by atoms with Crippen LogP contribution in [0.5, 0.6) is 0 Å². The number of sulfonamides is 1. The van der Waals surface area contributed by atoms with Crippen molar-refractivity contribution in [3.63, 3.8) is 0 Å². The molecule has 0 saturated heterocycles. The molecule has 1 aromatic rings. The minimum Gasteiger partial charge on any atom is -0.366 e. The lowest BCUT2D eigenvalue weighted by molar-refractivity contribution is 0.580. The molecule has 3 rings (SSSR count). The summed E-state index contributed by atoms with van der Waals surface area (Å²) >= 11 is 0.